The smallest absolute Gasteiger partial charge is 0.224 e. The molecule has 188 valence electrons. The molecule has 36 heavy (non-hydrogen) atoms. The number of methoxy groups -OCH3 is 1. The van der Waals surface area contributed by atoms with Gasteiger partial charge in [-0.2, -0.15) is 0 Å². The number of carbonyl (C=O) groups is 1. The van der Waals surface area contributed by atoms with Gasteiger partial charge in [-0.05, 0) is 73.4 Å². The summed E-state index contributed by atoms with van der Waals surface area (Å²) >= 11 is 5.91. The van der Waals surface area contributed by atoms with E-state index in [1.54, 1.807) is 19.2 Å². The molecule has 0 spiro atoms. The SMILES string of the molecule is COc1ccc(OCCCCn2c(CCCNC(=O)Cc3ccc(Cl)cc3)nc3ccccc32)cc1. The van der Waals surface area contributed by atoms with Crippen LogP contribution in [0.3, 0.4) is 0 Å². The molecule has 4 rings (SSSR count). The zero-order valence-electron chi connectivity index (χ0n) is 20.6. The van der Waals surface area contributed by atoms with Crippen LogP contribution in [-0.2, 0) is 24.2 Å². The second-order valence-corrected chi connectivity index (χ2v) is 9.09. The van der Waals surface area contributed by atoms with Gasteiger partial charge in [0.05, 0.1) is 31.2 Å². The summed E-state index contributed by atoms with van der Waals surface area (Å²) in [6, 6.07) is 23.3. The van der Waals surface area contributed by atoms with E-state index in [0.29, 0.717) is 24.6 Å². The molecule has 4 aromatic rings. The van der Waals surface area contributed by atoms with Crippen molar-refractivity contribution in [1.82, 2.24) is 14.9 Å². The molecule has 0 aliphatic heterocycles. The van der Waals surface area contributed by atoms with E-state index in [0.717, 1.165) is 66.1 Å². The summed E-state index contributed by atoms with van der Waals surface area (Å²) in [5.74, 6) is 2.74. The average Bonchev–Trinajstić information content (AvgIpc) is 3.25. The summed E-state index contributed by atoms with van der Waals surface area (Å²) in [6.07, 6.45) is 3.92. The number of fused-ring (bicyclic) bond motifs is 1. The topological polar surface area (TPSA) is 65.4 Å². The third kappa shape index (κ3) is 7.25. The van der Waals surface area contributed by atoms with Crippen molar-refractivity contribution < 1.29 is 14.3 Å². The molecular formula is C29H32ClN3O3. The van der Waals surface area contributed by atoms with E-state index in [4.69, 9.17) is 26.1 Å². The predicted molar refractivity (Wildman–Crippen MR) is 144 cm³/mol. The Bertz CT molecular complexity index is 1250. The molecule has 0 aliphatic rings. The summed E-state index contributed by atoms with van der Waals surface area (Å²) in [5.41, 5.74) is 3.11. The van der Waals surface area contributed by atoms with Crippen molar-refractivity contribution in [1.29, 1.82) is 0 Å². The Balaban J connectivity index is 1.24. The first-order valence-electron chi connectivity index (χ1n) is 12.3. The highest BCUT2D eigenvalue weighted by atomic mass is 35.5. The van der Waals surface area contributed by atoms with Crippen LogP contribution >= 0.6 is 11.6 Å². The summed E-state index contributed by atoms with van der Waals surface area (Å²) in [5, 5.41) is 3.69. The van der Waals surface area contributed by atoms with Crippen molar-refractivity contribution in [3.8, 4) is 11.5 Å². The molecule has 1 heterocycles. The zero-order valence-corrected chi connectivity index (χ0v) is 21.3. The molecule has 1 amide bonds. The van der Waals surface area contributed by atoms with E-state index in [-0.39, 0.29) is 5.91 Å². The number of halogens is 1. The molecular weight excluding hydrogens is 474 g/mol. The Morgan fingerprint density at radius 2 is 1.69 bits per heavy atom. The maximum atomic E-state index is 12.3. The Kier molecular flexibility index (Phi) is 9.22. The van der Waals surface area contributed by atoms with Gasteiger partial charge in [0.2, 0.25) is 5.91 Å². The average molecular weight is 506 g/mol. The van der Waals surface area contributed by atoms with Crippen LogP contribution in [0, 0.1) is 0 Å². The lowest BCUT2D eigenvalue weighted by molar-refractivity contribution is -0.120. The molecule has 0 atom stereocenters. The molecule has 0 saturated carbocycles. The van der Waals surface area contributed by atoms with Crippen molar-refractivity contribution in [2.24, 2.45) is 0 Å². The van der Waals surface area contributed by atoms with Crippen molar-refractivity contribution >= 4 is 28.5 Å². The van der Waals surface area contributed by atoms with Gasteiger partial charge in [0.1, 0.15) is 17.3 Å². The van der Waals surface area contributed by atoms with Crippen LogP contribution < -0.4 is 14.8 Å². The first kappa shape index (κ1) is 25.6. The monoisotopic (exact) mass is 505 g/mol. The molecule has 7 heteroatoms. The van der Waals surface area contributed by atoms with Gasteiger partial charge in [-0.1, -0.05) is 35.9 Å². The summed E-state index contributed by atoms with van der Waals surface area (Å²) in [4.78, 5) is 17.1. The lowest BCUT2D eigenvalue weighted by Gasteiger charge is -2.11. The minimum atomic E-state index is 0.0164. The molecule has 3 aromatic carbocycles. The zero-order chi connectivity index (χ0) is 25.2. The number of aryl methyl sites for hydroxylation is 2. The molecule has 0 bridgehead atoms. The van der Waals surface area contributed by atoms with E-state index < -0.39 is 0 Å². The summed E-state index contributed by atoms with van der Waals surface area (Å²) in [6.45, 7) is 2.16. The Morgan fingerprint density at radius 3 is 2.47 bits per heavy atom. The van der Waals surface area contributed by atoms with Gasteiger partial charge in [0.15, 0.2) is 0 Å². The van der Waals surface area contributed by atoms with Gasteiger partial charge in [0, 0.05) is 24.5 Å². The number of carbonyl (C=O) groups excluding carboxylic acids is 1. The second-order valence-electron chi connectivity index (χ2n) is 8.66. The number of hydrogen-bond acceptors (Lipinski definition) is 4. The van der Waals surface area contributed by atoms with Crippen LogP contribution in [0.25, 0.3) is 11.0 Å². The van der Waals surface area contributed by atoms with Crippen molar-refractivity contribution in [2.45, 2.75) is 38.6 Å². The largest absolute Gasteiger partial charge is 0.497 e. The van der Waals surface area contributed by atoms with Crippen LogP contribution in [0.5, 0.6) is 11.5 Å². The maximum absolute atomic E-state index is 12.3. The standard InChI is InChI=1S/C29H32ClN3O3/c1-35-24-14-16-25(17-15-24)36-20-5-4-19-33-27-8-3-2-7-26(27)32-28(33)9-6-18-31-29(34)21-22-10-12-23(30)13-11-22/h2-3,7-8,10-17H,4-6,9,18-21H2,1H3,(H,31,34). The van der Waals surface area contributed by atoms with Gasteiger partial charge in [0.25, 0.3) is 0 Å². The second kappa shape index (κ2) is 13.0. The number of ether oxygens (including phenoxy) is 2. The highest BCUT2D eigenvalue weighted by Gasteiger charge is 2.11. The third-order valence-corrected chi connectivity index (χ3v) is 6.27. The van der Waals surface area contributed by atoms with E-state index in [9.17, 15) is 4.79 Å². The molecule has 1 aromatic heterocycles. The number of benzene rings is 3. The number of nitrogens with zero attached hydrogens (tertiary/aromatic N) is 2. The maximum Gasteiger partial charge on any atom is 0.224 e. The van der Waals surface area contributed by atoms with Crippen molar-refractivity contribution in [2.75, 3.05) is 20.3 Å². The minimum absolute atomic E-state index is 0.0164. The lowest BCUT2D eigenvalue weighted by atomic mass is 10.1. The molecule has 1 N–H and O–H groups in total. The molecule has 0 fully saturated rings. The highest BCUT2D eigenvalue weighted by Crippen LogP contribution is 2.19. The minimum Gasteiger partial charge on any atom is -0.497 e. The Hall–Kier alpha value is -3.51. The van der Waals surface area contributed by atoms with E-state index in [1.165, 1.54) is 0 Å². The quantitative estimate of drug-likeness (QED) is 0.231. The van der Waals surface area contributed by atoms with Gasteiger partial charge >= 0.3 is 0 Å². The molecule has 0 radical (unpaired) electrons. The van der Waals surface area contributed by atoms with E-state index in [1.807, 2.05) is 48.5 Å². The van der Waals surface area contributed by atoms with Crippen molar-refractivity contribution in [3.05, 3.63) is 89.2 Å². The van der Waals surface area contributed by atoms with Crippen LogP contribution in [0.4, 0.5) is 0 Å². The van der Waals surface area contributed by atoms with E-state index in [2.05, 4.69) is 22.0 Å². The molecule has 6 nitrogen and oxygen atoms in total. The highest BCUT2D eigenvalue weighted by molar-refractivity contribution is 6.30. The van der Waals surface area contributed by atoms with Gasteiger partial charge < -0.3 is 19.4 Å². The number of hydrogen-bond donors (Lipinski definition) is 1. The van der Waals surface area contributed by atoms with Gasteiger partial charge in [-0.25, -0.2) is 4.98 Å². The lowest BCUT2D eigenvalue weighted by Crippen LogP contribution is -2.26. The van der Waals surface area contributed by atoms with Crippen LogP contribution in [0.15, 0.2) is 72.8 Å². The third-order valence-electron chi connectivity index (χ3n) is 6.02. The number of imidazole rings is 1. The number of rotatable bonds is 13. The first-order chi connectivity index (χ1) is 17.6. The van der Waals surface area contributed by atoms with Crippen molar-refractivity contribution in [3.63, 3.8) is 0 Å². The summed E-state index contributed by atoms with van der Waals surface area (Å²) < 4.78 is 13.4. The first-order valence-corrected chi connectivity index (χ1v) is 12.7. The fourth-order valence-corrected chi connectivity index (χ4v) is 4.25. The number of para-hydroxylation sites is 2. The van der Waals surface area contributed by atoms with E-state index >= 15 is 0 Å². The number of unbranched alkanes of at least 4 members (excludes halogenated alkanes) is 1. The van der Waals surface area contributed by atoms with Crippen LogP contribution in [-0.4, -0.2) is 35.7 Å². The number of nitrogens with one attached hydrogen (secondary N) is 1. The number of amides is 1. The van der Waals surface area contributed by atoms with Gasteiger partial charge in [-0.3, -0.25) is 4.79 Å². The normalized spacial score (nSPS) is 10.9. The van der Waals surface area contributed by atoms with Crippen LogP contribution in [0.2, 0.25) is 5.02 Å². The fraction of sp³-hybridized carbons (Fsp3) is 0.310. The van der Waals surface area contributed by atoms with Gasteiger partial charge in [-0.15, -0.1) is 0 Å². The fourth-order valence-electron chi connectivity index (χ4n) is 4.12. The number of aromatic nitrogens is 2. The Labute approximate surface area is 217 Å². The predicted octanol–water partition coefficient (Wildman–Crippen LogP) is 5.85. The van der Waals surface area contributed by atoms with Crippen LogP contribution in [0.1, 0.15) is 30.7 Å². The molecule has 0 aliphatic carbocycles. The molecule has 0 saturated heterocycles. The summed E-state index contributed by atoms with van der Waals surface area (Å²) in [7, 11) is 1.66. The Morgan fingerprint density at radius 1 is 0.944 bits per heavy atom. The molecule has 0 unspecified atom stereocenters.